The molecule has 0 aliphatic heterocycles. The number of carbonyl (C=O) groups excluding carboxylic acids is 2. The first-order chi connectivity index (χ1) is 4.66. The lowest BCUT2D eigenvalue weighted by atomic mass is 10.1. The zero-order chi connectivity index (χ0) is 7.98. The molecule has 0 atom stereocenters. The maximum absolute atomic E-state index is 10.7. The van der Waals surface area contributed by atoms with Gasteiger partial charge in [-0.05, 0) is 13.5 Å². The summed E-state index contributed by atoms with van der Waals surface area (Å²) in [5.74, 6) is 0.142. The molecule has 3 heteroatoms. The van der Waals surface area contributed by atoms with Crippen molar-refractivity contribution in [3.05, 3.63) is 0 Å². The number of nitrogens with two attached hydrogens (primary N) is 1. The molecule has 0 fully saturated rings. The molecule has 0 spiro atoms. The Hall–Kier alpha value is -0.700. The monoisotopic (exact) mass is 143 g/mol. The quantitative estimate of drug-likeness (QED) is 0.601. The molecule has 0 radical (unpaired) electrons. The molecule has 0 aromatic heterocycles. The topological polar surface area (TPSA) is 60.2 Å². The Bertz CT molecular complexity index is 132. The number of hydrogen-bond donors (Lipinski definition) is 1. The number of hydrogen-bond acceptors (Lipinski definition) is 3. The van der Waals surface area contributed by atoms with E-state index in [1.807, 2.05) is 0 Å². The summed E-state index contributed by atoms with van der Waals surface area (Å²) in [6, 6.07) is 0. The third-order valence-electron chi connectivity index (χ3n) is 1.18. The van der Waals surface area contributed by atoms with Crippen molar-refractivity contribution in [2.75, 3.05) is 6.54 Å². The van der Waals surface area contributed by atoms with Gasteiger partial charge in [-0.15, -0.1) is 0 Å². The molecule has 10 heavy (non-hydrogen) atoms. The molecule has 0 bridgehead atoms. The summed E-state index contributed by atoms with van der Waals surface area (Å²) in [5.41, 5.74) is 5.13. The van der Waals surface area contributed by atoms with E-state index in [-0.39, 0.29) is 11.6 Å². The molecule has 0 aromatic carbocycles. The van der Waals surface area contributed by atoms with Crippen LogP contribution in [0.15, 0.2) is 0 Å². The Kier molecular flexibility index (Phi) is 4.76. The normalized spacial score (nSPS) is 9.40. The second-order valence-electron chi connectivity index (χ2n) is 2.28. The first kappa shape index (κ1) is 9.30. The summed E-state index contributed by atoms with van der Waals surface area (Å²) < 4.78 is 0. The van der Waals surface area contributed by atoms with Gasteiger partial charge in [0.1, 0.15) is 11.6 Å². The van der Waals surface area contributed by atoms with Gasteiger partial charge in [-0.1, -0.05) is 0 Å². The van der Waals surface area contributed by atoms with Crippen molar-refractivity contribution in [1.82, 2.24) is 0 Å². The highest BCUT2D eigenvalue weighted by atomic mass is 16.1. The van der Waals surface area contributed by atoms with Crippen molar-refractivity contribution >= 4 is 11.6 Å². The van der Waals surface area contributed by atoms with Crippen LogP contribution in [0.25, 0.3) is 0 Å². The lowest BCUT2D eigenvalue weighted by Gasteiger charge is -1.94. The van der Waals surface area contributed by atoms with Gasteiger partial charge >= 0.3 is 0 Å². The van der Waals surface area contributed by atoms with Gasteiger partial charge in [0.05, 0.1) is 0 Å². The van der Waals surface area contributed by atoms with Gasteiger partial charge in [0.2, 0.25) is 0 Å². The summed E-state index contributed by atoms with van der Waals surface area (Å²) in [5, 5.41) is 0. The van der Waals surface area contributed by atoms with Crippen LogP contribution in [0.5, 0.6) is 0 Å². The van der Waals surface area contributed by atoms with Gasteiger partial charge < -0.3 is 10.5 Å². The van der Waals surface area contributed by atoms with Crippen LogP contribution >= 0.6 is 0 Å². The second-order valence-corrected chi connectivity index (χ2v) is 2.28. The van der Waals surface area contributed by atoms with E-state index in [0.717, 1.165) is 0 Å². The molecule has 3 nitrogen and oxygen atoms in total. The SMILES string of the molecule is CC(=O)CCC(=O)CCN. The second kappa shape index (κ2) is 5.11. The van der Waals surface area contributed by atoms with E-state index >= 15 is 0 Å². The van der Waals surface area contributed by atoms with Crippen LogP contribution in [0.3, 0.4) is 0 Å². The van der Waals surface area contributed by atoms with Crippen molar-refractivity contribution in [3.63, 3.8) is 0 Å². The van der Waals surface area contributed by atoms with Crippen molar-refractivity contribution in [2.45, 2.75) is 26.2 Å². The molecule has 0 saturated heterocycles. The number of rotatable bonds is 5. The van der Waals surface area contributed by atoms with Gasteiger partial charge in [-0.3, -0.25) is 4.79 Å². The van der Waals surface area contributed by atoms with Gasteiger partial charge in [0, 0.05) is 19.3 Å². The van der Waals surface area contributed by atoms with Gasteiger partial charge in [-0.2, -0.15) is 0 Å². The molecule has 2 N–H and O–H groups in total. The molecule has 58 valence electrons. The Morgan fingerprint density at radius 1 is 1.20 bits per heavy atom. The zero-order valence-corrected chi connectivity index (χ0v) is 6.22. The minimum absolute atomic E-state index is 0.0605. The van der Waals surface area contributed by atoms with Crippen molar-refractivity contribution in [3.8, 4) is 0 Å². The average molecular weight is 143 g/mol. The Balaban J connectivity index is 3.30. The predicted molar refractivity (Wildman–Crippen MR) is 38.6 cm³/mol. The molecular formula is C7H13NO2. The molecule has 0 aliphatic rings. The predicted octanol–water partition coefficient (Wildman–Crippen LogP) is 0.274. The molecule has 0 heterocycles. The van der Waals surface area contributed by atoms with Crippen molar-refractivity contribution < 1.29 is 9.59 Å². The maximum atomic E-state index is 10.7. The largest absolute Gasteiger partial charge is 0.330 e. The minimum atomic E-state index is 0.0605. The average Bonchev–Trinajstić information content (AvgIpc) is 1.85. The standard InChI is InChI=1S/C7H13NO2/c1-6(9)2-3-7(10)4-5-8/h2-5,8H2,1H3. The summed E-state index contributed by atoms with van der Waals surface area (Å²) in [6.07, 6.45) is 1.11. The highest BCUT2D eigenvalue weighted by Gasteiger charge is 2.01. The fourth-order valence-electron chi connectivity index (χ4n) is 0.601. The summed E-state index contributed by atoms with van der Waals surface area (Å²) in [6.45, 7) is 1.87. The zero-order valence-electron chi connectivity index (χ0n) is 6.22. The third-order valence-corrected chi connectivity index (χ3v) is 1.18. The number of Topliss-reactive ketones (excluding diaryl/α,β-unsaturated/α-hetero) is 2. The molecular weight excluding hydrogens is 130 g/mol. The van der Waals surface area contributed by atoms with Gasteiger partial charge in [0.25, 0.3) is 0 Å². The molecule has 0 unspecified atom stereocenters. The first-order valence-corrected chi connectivity index (χ1v) is 3.38. The number of carbonyl (C=O) groups is 2. The molecule has 0 aliphatic carbocycles. The fraction of sp³-hybridized carbons (Fsp3) is 0.714. The molecule has 0 saturated carbocycles. The van der Waals surface area contributed by atoms with Gasteiger partial charge in [0.15, 0.2) is 0 Å². The minimum Gasteiger partial charge on any atom is -0.330 e. The smallest absolute Gasteiger partial charge is 0.134 e. The van der Waals surface area contributed by atoms with E-state index < -0.39 is 0 Å². The summed E-state index contributed by atoms with van der Waals surface area (Å²) >= 11 is 0. The first-order valence-electron chi connectivity index (χ1n) is 3.38. The van der Waals surface area contributed by atoms with Crippen LogP contribution in [0.4, 0.5) is 0 Å². The lowest BCUT2D eigenvalue weighted by molar-refractivity contribution is -0.123. The maximum Gasteiger partial charge on any atom is 0.134 e. The summed E-state index contributed by atoms with van der Waals surface area (Å²) in [7, 11) is 0. The van der Waals surface area contributed by atoms with Gasteiger partial charge in [-0.25, -0.2) is 0 Å². The van der Waals surface area contributed by atoms with E-state index in [0.29, 0.717) is 25.8 Å². The van der Waals surface area contributed by atoms with E-state index in [2.05, 4.69) is 0 Å². The van der Waals surface area contributed by atoms with Crippen molar-refractivity contribution in [2.24, 2.45) is 5.73 Å². The van der Waals surface area contributed by atoms with Crippen LogP contribution in [0, 0.1) is 0 Å². The molecule has 0 aromatic rings. The summed E-state index contributed by atoms with van der Waals surface area (Å²) in [4.78, 5) is 21.1. The van der Waals surface area contributed by atoms with E-state index in [1.54, 1.807) is 0 Å². The highest BCUT2D eigenvalue weighted by Crippen LogP contribution is 1.94. The Morgan fingerprint density at radius 2 is 1.80 bits per heavy atom. The Labute approximate surface area is 60.6 Å². The molecule has 0 rings (SSSR count). The lowest BCUT2D eigenvalue weighted by Crippen LogP contribution is -2.08. The van der Waals surface area contributed by atoms with E-state index in [4.69, 9.17) is 5.73 Å². The van der Waals surface area contributed by atoms with E-state index in [9.17, 15) is 9.59 Å². The van der Waals surface area contributed by atoms with E-state index in [1.165, 1.54) is 6.92 Å². The third kappa shape index (κ3) is 5.44. The van der Waals surface area contributed by atoms with Crippen LogP contribution < -0.4 is 5.73 Å². The van der Waals surface area contributed by atoms with Crippen LogP contribution in [-0.2, 0) is 9.59 Å². The van der Waals surface area contributed by atoms with Crippen LogP contribution in [-0.4, -0.2) is 18.1 Å². The fourth-order valence-corrected chi connectivity index (χ4v) is 0.601. The highest BCUT2D eigenvalue weighted by molar-refractivity contribution is 5.84. The van der Waals surface area contributed by atoms with Crippen LogP contribution in [0.1, 0.15) is 26.2 Å². The number of ketones is 2. The Morgan fingerprint density at radius 3 is 2.20 bits per heavy atom. The van der Waals surface area contributed by atoms with Crippen molar-refractivity contribution in [1.29, 1.82) is 0 Å². The van der Waals surface area contributed by atoms with Crippen LogP contribution in [0.2, 0.25) is 0 Å². The molecule has 0 amide bonds.